The molecule has 2 N–H and O–H groups in total. The van der Waals surface area contributed by atoms with Crippen LogP contribution in [0.2, 0.25) is 0 Å². The van der Waals surface area contributed by atoms with Crippen molar-refractivity contribution in [2.45, 2.75) is 13.0 Å². The molecular weight excluding hydrogens is 350 g/mol. The largest absolute Gasteiger partial charge is 0.505 e. The Morgan fingerprint density at radius 3 is 2.78 bits per heavy atom. The van der Waals surface area contributed by atoms with Crippen molar-refractivity contribution in [3.8, 4) is 5.75 Å². The Balaban J connectivity index is 1.96. The molecule has 0 unspecified atom stereocenters. The molecule has 0 atom stereocenters. The molecule has 3 rings (SSSR count). The average molecular weight is 373 g/mol. The van der Waals surface area contributed by atoms with Crippen molar-refractivity contribution in [3.63, 3.8) is 0 Å². The van der Waals surface area contributed by atoms with Crippen LogP contribution in [0.1, 0.15) is 16.8 Å². The van der Waals surface area contributed by atoms with Crippen LogP contribution in [0.3, 0.4) is 0 Å². The Morgan fingerprint density at radius 2 is 2.04 bits per heavy atom. The van der Waals surface area contributed by atoms with Gasteiger partial charge in [0.25, 0.3) is 11.5 Å². The molecular formula is C18H23N5O4. The molecule has 1 aliphatic rings. The molecule has 9 heteroatoms. The van der Waals surface area contributed by atoms with Gasteiger partial charge in [-0.1, -0.05) is 6.08 Å². The van der Waals surface area contributed by atoms with Crippen LogP contribution < -0.4 is 10.9 Å². The Morgan fingerprint density at radius 1 is 1.30 bits per heavy atom. The summed E-state index contributed by atoms with van der Waals surface area (Å²) in [5, 5.41) is 13.1. The normalized spacial score (nSPS) is 15.0. The average Bonchev–Trinajstić information content (AvgIpc) is 2.69. The number of morpholine rings is 1. The van der Waals surface area contributed by atoms with Crippen LogP contribution in [-0.2, 0) is 11.3 Å². The molecule has 2 aromatic rings. The van der Waals surface area contributed by atoms with E-state index in [1.807, 2.05) is 0 Å². The summed E-state index contributed by atoms with van der Waals surface area (Å²) in [6, 6.07) is 0. The standard InChI is InChI=1S/C18H23N5O4/c1-2-3-4-21-17(25)13-15(24)14-16(20-6-5-19-14)23(18(13)26)8-7-22-9-11-27-12-10-22/h2,5-6,24H,1,3-4,7-12H2,(H,21,25). The molecule has 1 aliphatic heterocycles. The molecule has 1 fully saturated rings. The lowest BCUT2D eigenvalue weighted by atomic mass is 10.2. The van der Waals surface area contributed by atoms with E-state index in [0.29, 0.717) is 39.3 Å². The summed E-state index contributed by atoms with van der Waals surface area (Å²) < 4.78 is 6.74. The summed E-state index contributed by atoms with van der Waals surface area (Å²) >= 11 is 0. The highest BCUT2D eigenvalue weighted by atomic mass is 16.5. The Labute approximate surface area is 156 Å². The first-order chi connectivity index (χ1) is 13.1. The van der Waals surface area contributed by atoms with Gasteiger partial charge in [0, 0.05) is 45.1 Å². The van der Waals surface area contributed by atoms with E-state index in [9.17, 15) is 14.7 Å². The number of hydrogen-bond donors (Lipinski definition) is 2. The number of rotatable bonds is 7. The Kier molecular flexibility index (Phi) is 6.15. The van der Waals surface area contributed by atoms with E-state index < -0.39 is 17.2 Å². The monoisotopic (exact) mass is 373 g/mol. The lowest BCUT2D eigenvalue weighted by Gasteiger charge is -2.26. The summed E-state index contributed by atoms with van der Waals surface area (Å²) in [4.78, 5) is 35.9. The maximum atomic E-state index is 13.0. The molecule has 144 valence electrons. The fourth-order valence-electron chi connectivity index (χ4n) is 3.00. The van der Waals surface area contributed by atoms with Gasteiger partial charge in [-0.05, 0) is 6.42 Å². The van der Waals surface area contributed by atoms with Crippen LogP contribution in [0.4, 0.5) is 0 Å². The van der Waals surface area contributed by atoms with E-state index >= 15 is 0 Å². The topological polar surface area (TPSA) is 110 Å². The predicted molar refractivity (Wildman–Crippen MR) is 99.9 cm³/mol. The van der Waals surface area contributed by atoms with Crippen LogP contribution in [0, 0.1) is 0 Å². The van der Waals surface area contributed by atoms with Gasteiger partial charge in [-0.2, -0.15) is 0 Å². The van der Waals surface area contributed by atoms with E-state index in [-0.39, 0.29) is 16.7 Å². The van der Waals surface area contributed by atoms with Crippen molar-refractivity contribution >= 4 is 17.1 Å². The quantitative estimate of drug-likeness (QED) is 0.525. The van der Waals surface area contributed by atoms with Crippen molar-refractivity contribution < 1.29 is 14.6 Å². The summed E-state index contributed by atoms with van der Waals surface area (Å²) in [5.41, 5.74) is -0.497. The summed E-state index contributed by atoms with van der Waals surface area (Å²) in [6.07, 6.45) is 5.09. The molecule has 1 amide bonds. The van der Waals surface area contributed by atoms with Gasteiger partial charge in [-0.25, -0.2) is 9.97 Å². The molecule has 0 radical (unpaired) electrons. The van der Waals surface area contributed by atoms with Crippen molar-refractivity contribution in [1.29, 1.82) is 0 Å². The van der Waals surface area contributed by atoms with Gasteiger partial charge in [0.2, 0.25) is 0 Å². The highest BCUT2D eigenvalue weighted by Crippen LogP contribution is 2.22. The predicted octanol–water partition coefficient (Wildman–Crippen LogP) is 0.135. The second kappa shape index (κ2) is 8.74. The molecule has 1 saturated heterocycles. The zero-order valence-electron chi connectivity index (χ0n) is 15.1. The number of nitrogens with zero attached hydrogens (tertiary/aromatic N) is 4. The number of carbonyl (C=O) groups is 1. The van der Waals surface area contributed by atoms with Crippen molar-refractivity contribution in [2.75, 3.05) is 39.4 Å². The Bertz CT molecular complexity index is 889. The summed E-state index contributed by atoms with van der Waals surface area (Å²) in [7, 11) is 0. The van der Waals surface area contributed by atoms with E-state index in [0.717, 1.165) is 13.1 Å². The molecule has 0 aromatic carbocycles. The number of fused-ring (bicyclic) bond motifs is 1. The highest BCUT2D eigenvalue weighted by Gasteiger charge is 2.23. The molecule has 2 aromatic heterocycles. The van der Waals surface area contributed by atoms with Crippen LogP contribution >= 0.6 is 0 Å². The third-order valence-corrected chi connectivity index (χ3v) is 4.46. The smallest absolute Gasteiger partial charge is 0.269 e. The Hall–Kier alpha value is -2.78. The number of aromatic nitrogens is 3. The second-order valence-corrected chi connectivity index (χ2v) is 6.20. The first-order valence-corrected chi connectivity index (χ1v) is 8.89. The number of aromatic hydroxyl groups is 1. The van der Waals surface area contributed by atoms with Crippen molar-refractivity contribution in [2.24, 2.45) is 0 Å². The number of nitrogens with one attached hydrogen (secondary N) is 1. The fourth-order valence-corrected chi connectivity index (χ4v) is 3.00. The molecule has 0 spiro atoms. The van der Waals surface area contributed by atoms with Gasteiger partial charge in [-0.15, -0.1) is 6.58 Å². The van der Waals surface area contributed by atoms with E-state index in [4.69, 9.17) is 4.74 Å². The first kappa shape index (κ1) is 19.0. The minimum Gasteiger partial charge on any atom is -0.505 e. The molecule has 0 aliphatic carbocycles. The summed E-state index contributed by atoms with van der Waals surface area (Å²) in [6.45, 7) is 7.74. The number of carbonyl (C=O) groups excluding carboxylic acids is 1. The van der Waals surface area contributed by atoms with E-state index in [1.165, 1.54) is 17.0 Å². The van der Waals surface area contributed by atoms with Gasteiger partial charge in [0.15, 0.2) is 11.4 Å². The zero-order valence-corrected chi connectivity index (χ0v) is 15.1. The maximum Gasteiger partial charge on any atom is 0.269 e. The molecule has 9 nitrogen and oxygen atoms in total. The molecule has 0 bridgehead atoms. The number of amides is 1. The van der Waals surface area contributed by atoms with E-state index in [1.54, 1.807) is 6.08 Å². The van der Waals surface area contributed by atoms with Gasteiger partial charge < -0.3 is 15.2 Å². The maximum absolute atomic E-state index is 13.0. The summed E-state index contributed by atoms with van der Waals surface area (Å²) in [5.74, 6) is -1.08. The van der Waals surface area contributed by atoms with Crippen LogP contribution in [0.15, 0.2) is 29.8 Å². The van der Waals surface area contributed by atoms with Crippen molar-refractivity contribution in [1.82, 2.24) is 24.8 Å². The third kappa shape index (κ3) is 4.15. The number of ether oxygens (including phenoxy) is 1. The van der Waals surface area contributed by atoms with Crippen LogP contribution in [0.5, 0.6) is 5.75 Å². The van der Waals surface area contributed by atoms with E-state index in [2.05, 4.69) is 26.8 Å². The number of hydrogen-bond acceptors (Lipinski definition) is 7. The third-order valence-electron chi connectivity index (χ3n) is 4.46. The lowest BCUT2D eigenvalue weighted by Crippen LogP contribution is -2.40. The van der Waals surface area contributed by atoms with Gasteiger partial charge in [0.05, 0.1) is 13.2 Å². The molecule has 3 heterocycles. The van der Waals surface area contributed by atoms with Crippen LogP contribution in [0.25, 0.3) is 11.2 Å². The second-order valence-electron chi connectivity index (χ2n) is 6.20. The SMILES string of the molecule is C=CCCNC(=O)c1c(O)c2nccnc2n(CCN2CCOCC2)c1=O. The van der Waals surface area contributed by atoms with Crippen LogP contribution in [-0.4, -0.2) is 69.8 Å². The molecule has 27 heavy (non-hydrogen) atoms. The first-order valence-electron chi connectivity index (χ1n) is 8.89. The number of pyridine rings is 1. The molecule has 0 saturated carbocycles. The minimum absolute atomic E-state index is 0.132. The van der Waals surface area contributed by atoms with Crippen molar-refractivity contribution in [3.05, 3.63) is 41.0 Å². The van der Waals surface area contributed by atoms with Gasteiger partial charge in [0.1, 0.15) is 11.1 Å². The highest BCUT2D eigenvalue weighted by molar-refractivity contribution is 6.00. The fraction of sp³-hybridized carbons (Fsp3) is 0.444. The minimum atomic E-state index is -0.632. The lowest BCUT2D eigenvalue weighted by molar-refractivity contribution is 0.0364. The van der Waals surface area contributed by atoms with Gasteiger partial charge >= 0.3 is 0 Å². The van der Waals surface area contributed by atoms with Gasteiger partial charge in [-0.3, -0.25) is 19.1 Å². The zero-order chi connectivity index (χ0) is 19.2.